The molecule has 0 radical (unpaired) electrons. The summed E-state index contributed by atoms with van der Waals surface area (Å²) >= 11 is 5.99. The normalized spacial score (nSPS) is 14.4. The van der Waals surface area contributed by atoms with Crippen LogP contribution in [0.25, 0.3) is 4.85 Å². The molecular formula is C22H23ClN4O3. The van der Waals surface area contributed by atoms with Crippen molar-refractivity contribution in [3.63, 3.8) is 0 Å². The SMILES string of the molecule is [C-]#[N+]c1ccc(NC(=O)Nc2cccc([C@H](C)NC(=O)OC3CCCC3)c2)cc1Cl. The zero-order valence-corrected chi connectivity index (χ0v) is 17.3. The van der Waals surface area contributed by atoms with Crippen LogP contribution in [0.2, 0.25) is 5.02 Å². The molecule has 3 amide bonds. The molecule has 156 valence electrons. The zero-order chi connectivity index (χ0) is 21.5. The standard InChI is InChI=1S/C22H23ClN4O3/c1-14(25-22(29)30-18-8-3-4-9-18)15-6-5-7-16(12-15)26-21(28)27-17-10-11-20(24-2)19(23)13-17/h5-7,10-14,18H,3-4,8-9H2,1H3,(H,25,29)(H2,26,27,28)/t14-/m0/s1. The first-order chi connectivity index (χ1) is 14.4. The second kappa shape index (κ2) is 9.99. The Morgan fingerprint density at radius 2 is 1.83 bits per heavy atom. The topological polar surface area (TPSA) is 83.8 Å². The Hall–Kier alpha value is -3.24. The molecule has 1 fully saturated rings. The monoisotopic (exact) mass is 426 g/mol. The maximum atomic E-state index is 12.3. The number of amides is 3. The molecule has 0 bridgehead atoms. The summed E-state index contributed by atoms with van der Waals surface area (Å²) in [4.78, 5) is 27.6. The van der Waals surface area contributed by atoms with E-state index >= 15 is 0 Å². The number of hydrogen-bond acceptors (Lipinski definition) is 3. The smallest absolute Gasteiger partial charge is 0.407 e. The molecule has 8 heteroatoms. The van der Waals surface area contributed by atoms with E-state index < -0.39 is 12.1 Å². The second-order valence-electron chi connectivity index (χ2n) is 7.16. The minimum atomic E-state index is -0.444. The van der Waals surface area contributed by atoms with Gasteiger partial charge >= 0.3 is 12.1 Å². The molecule has 7 nitrogen and oxygen atoms in total. The lowest BCUT2D eigenvalue weighted by Crippen LogP contribution is -2.30. The highest BCUT2D eigenvalue weighted by molar-refractivity contribution is 6.33. The second-order valence-corrected chi connectivity index (χ2v) is 7.57. The van der Waals surface area contributed by atoms with Crippen molar-refractivity contribution < 1.29 is 14.3 Å². The van der Waals surface area contributed by atoms with E-state index in [1.165, 1.54) is 6.07 Å². The first-order valence-electron chi connectivity index (χ1n) is 9.76. The summed E-state index contributed by atoms with van der Waals surface area (Å²) in [5.41, 5.74) is 2.21. The summed E-state index contributed by atoms with van der Waals surface area (Å²) in [6.45, 7) is 8.86. The number of hydrogen-bond donors (Lipinski definition) is 3. The zero-order valence-electron chi connectivity index (χ0n) is 16.6. The molecule has 3 N–H and O–H groups in total. The molecular weight excluding hydrogens is 404 g/mol. The van der Waals surface area contributed by atoms with Crippen molar-refractivity contribution in [2.45, 2.75) is 44.8 Å². The number of benzene rings is 2. The van der Waals surface area contributed by atoms with Crippen LogP contribution in [0.3, 0.4) is 0 Å². The van der Waals surface area contributed by atoms with Gasteiger partial charge < -0.3 is 20.7 Å². The number of nitrogens with one attached hydrogen (secondary N) is 3. The molecule has 0 heterocycles. The van der Waals surface area contributed by atoms with Crippen LogP contribution in [0.4, 0.5) is 26.7 Å². The third-order valence-corrected chi connectivity index (χ3v) is 5.18. The van der Waals surface area contributed by atoms with Crippen molar-refractivity contribution in [3.8, 4) is 0 Å². The molecule has 0 spiro atoms. The van der Waals surface area contributed by atoms with E-state index in [-0.39, 0.29) is 17.2 Å². The van der Waals surface area contributed by atoms with Crippen molar-refractivity contribution in [2.24, 2.45) is 0 Å². The number of anilines is 2. The molecule has 1 aliphatic carbocycles. The maximum Gasteiger partial charge on any atom is 0.407 e. The predicted molar refractivity (Wildman–Crippen MR) is 117 cm³/mol. The lowest BCUT2D eigenvalue weighted by Gasteiger charge is -2.18. The summed E-state index contributed by atoms with van der Waals surface area (Å²) in [7, 11) is 0. The molecule has 2 aromatic rings. The van der Waals surface area contributed by atoms with Crippen molar-refractivity contribution in [2.75, 3.05) is 10.6 Å². The van der Waals surface area contributed by atoms with E-state index in [0.717, 1.165) is 31.2 Å². The van der Waals surface area contributed by atoms with E-state index in [1.54, 1.807) is 30.3 Å². The molecule has 2 aromatic carbocycles. The van der Waals surface area contributed by atoms with Gasteiger partial charge in [-0.2, -0.15) is 0 Å². The minimum Gasteiger partial charge on any atom is -0.446 e. The van der Waals surface area contributed by atoms with E-state index in [0.29, 0.717) is 17.1 Å². The highest BCUT2D eigenvalue weighted by atomic mass is 35.5. The van der Waals surface area contributed by atoms with Crippen molar-refractivity contribution in [1.29, 1.82) is 0 Å². The van der Waals surface area contributed by atoms with Gasteiger partial charge in [0.05, 0.1) is 12.6 Å². The van der Waals surface area contributed by atoms with Crippen LogP contribution in [0.1, 0.15) is 44.2 Å². The van der Waals surface area contributed by atoms with Crippen LogP contribution in [0.5, 0.6) is 0 Å². The van der Waals surface area contributed by atoms with Crippen molar-refractivity contribution in [3.05, 3.63) is 64.5 Å². The van der Waals surface area contributed by atoms with Crippen molar-refractivity contribution in [1.82, 2.24) is 5.32 Å². The fraction of sp³-hybridized carbons (Fsp3) is 0.318. The van der Waals surface area contributed by atoms with Gasteiger partial charge in [-0.1, -0.05) is 29.8 Å². The van der Waals surface area contributed by atoms with Crippen LogP contribution >= 0.6 is 11.6 Å². The molecule has 0 saturated heterocycles. The van der Waals surface area contributed by atoms with Gasteiger partial charge in [0.25, 0.3) is 0 Å². The fourth-order valence-electron chi connectivity index (χ4n) is 3.31. The predicted octanol–water partition coefficient (Wildman–Crippen LogP) is 6.26. The van der Waals surface area contributed by atoms with Crippen LogP contribution in [-0.4, -0.2) is 18.2 Å². The van der Waals surface area contributed by atoms with Gasteiger partial charge in [0, 0.05) is 16.4 Å². The van der Waals surface area contributed by atoms with Gasteiger partial charge in [0.2, 0.25) is 5.69 Å². The molecule has 0 unspecified atom stereocenters. The van der Waals surface area contributed by atoms with Crippen LogP contribution < -0.4 is 16.0 Å². The Bertz CT molecular complexity index is 967. The van der Waals surface area contributed by atoms with Gasteiger partial charge in [-0.3, -0.25) is 0 Å². The van der Waals surface area contributed by atoms with Crippen LogP contribution in [0.15, 0.2) is 42.5 Å². The average Bonchev–Trinajstić information content (AvgIpc) is 3.21. The van der Waals surface area contributed by atoms with Gasteiger partial charge in [0.15, 0.2) is 0 Å². The third kappa shape index (κ3) is 5.88. The van der Waals surface area contributed by atoms with E-state index in [9.17, 15) is 9.59 Å². The van der Waals surface area contributed by atoms with Gasteiger partial charge in [-0.15, -0.1) is 0 Å². The third-order valence-electron chi connectivity index (χ3n) is 4.88. The molecule has 1 aliphatic rings. The highest BCUT2D eigenvalue weighted by Gasteiger charge is 2.20. The number of rotatable bonds is 5. The van der Waals surface area contributed by atoms with Gasteiger partial charge in [-0.05, 0) is 62.4 Å². The fourth-order valence-corrected chi connectivity index (χ4v) is 3.53. The number of carbonyl (C=O) groups is 2. The number of nitrogens with zero attached hydrogens (tertiary/aromatic N) is 1. The number of ether oxygens (including phenoxy) is 1. The molecule has 3 rings (SSSR count). The largest absolute Gasteiger partial charge is 0.446 e. The Labute approximate surface area is 180 Å². The van der Waals surface area contributed by atoms with Crippen molar-refractivity contribution >= 4 is 40.8 Å². The molecule has 0 aliphatic heterocycles. The Morgan fingerprint density at radius 3 is 2.50 bits per heavy atom. The highest BCUT2D eigenvalue weighted by Crippen LogP contribution is 2.28. The Balaban J connectivity index is 1.56. The number of urea groups is 1. The molecule has 1 saturated carbocycles. The van der Waals surface area contributed by atoms with Gasteiger partial charge in [0.1, 0.15) is 6.10 Å². The summed E-state index contributed by atoms with van der Waals surface area (Å²) in [6.07, 6.45) is 3.61. The summed E-state index contributed by atoms with van der Waals surface area (Å²) in [6, 6.07) is 11.2. The molecule has 0 aromatic heterocycles. The van der Waals surface area contributed by atoms with Crippen LogP contribution in [0, 0.1) is 6.57 Å². The van der Waals surface area contributed by atoms with Gasteiger partial charge in [-0.25, -0.2) is 14.4 Å². The molecule has 30 heavy (non-hydrogen) atoms. The van der Waals surface area contributed by atoms with E-state index in [1.807, 2.05) is 13.0 Å². The number of carbonyl (C=O) groups excluding carboxylic acids is 2. The van der Waals surface area contributed by atoms with E-state index in [2.05, 4.69) is 20.8 Å². The number of halogens is 1. The first kappa shape index (κ1) is 21.5. The maximum absolute atomic E-state index is 12.3. The summed E-state index contributed by atoms with van der Waals surface area (Å²) in [5.74, 6) is 0. The lowest BCUT2D eigenvalue weighted by molar-refractivity contribution is 0.0984. The minimum absolute atomic E-state index is 0.00579. The summed E-state index contributed by atoms with van der Waals surface area (Å²) < 4.78 is 5.43. The Morgan fingerprint density at radius 1 is 1.13 bits per heavy atom. The number of alkyl carbamates (subject to hydrolysis) is 1. The van der Waals surface area contributed by atoms with Crippen LogP contribution in [-0.2, 0) is 4.74 Å². The lowest BCUT2D eigenvalue weighted by atomic mass is 10.1. The molecule has 1 atom stereocenters. The average molecular weight is 427 g/mol. The quantitative estimate of drug-likeness (QED) is 0.493. The van der Waals surface area contributed by atoms with E-state index in [4.69, 9.17) is 22.9 Å². The Kier molecular flexibility index (Phi) is 7.15. The first-order valence-corrected chi connectivity index (χ1v) is 10.1. The summed E-state index contributed by atoms with van der Waals surface area (Å²) in [5, 5.41) is 8.53.